The Labute approximate surface area is 173 Å². The van der Waals surface area contributed by atoms with Gasteiger partial charge in [0.2, 0.25) is 5.28 Å². The maximum Gasteiger partial charge on any atom is 0.340 e. The standard InChI is InChI=1S/C13H19ClFN5O8P2/c1-2-16-10-8-11(19-13(14)18-10)20(4-17-8)12-7(15)9(21)6(28-12)3-27-30(25,26)5-29(22,23)24/h4,6-7,9,12,21H,2-3,5H2,1H3,(H,25,26)(H,16,18,19)(H2,22,23,24)/t6-,7+,9-,12-/m1/s1. The van der Waals surface area contributed by atoms with Crippen LogP contribution >= 0.6 is 26.8 Å². The van der Waals surface area contributed by atoms with Gasteiger partial charge in [-0.1, -0.05) is 0 Å². The van der Waals surface area contributed by atoms with E-state index in [0.29, 0.717) is 12.4 Å². The van der Waals surface area contributed by atoms with Crippen molar-refractivity contribution in [2.24, 2.45) is 0 Å². The van der Waals surface area contributed by atoms with Crippen molar-refractivity contribution in [1.29, 1.82) is 0 Å². The van der Waals surface area contributed by atoms with Gasteiger partial charge < -0.3 is 34.4 Å². The number of halogens is 2. The lowest BCUT2D eigenvalue weighted by Crippen LogP contribution is -2.31. The van der Waals surface area contributed by atoms with Crippen LogP contribution in [-0.2, 0) is 18.4 Å². The normalized spacial score (nSPS) is 26.8. The molecule has 3 heterocycles. The molecule has 17 heteroatoms. The van der Waals surface area contributed by atoms with Crippen molar-refractivity contribution < 1.29 is 42.6 Å². The molecule has 1 fully saturated rings. The van der Waals surface area contributed by atoms with Gasteiger partial charge in [-0.3, -0.25) is 13.7 Å². The van der Waals surface area contributed by atoms with Gasteiger partial charge in [-0.05, 0) is 18.5 Å². The van der Waals surface area contributed by atoms with E-state index in [1.165, 1.54) is 10.9 Å². The van der Waals surface area contributed by atoms with Crippen molar-refractivity contribution in [2.75, 3.05) is 24.4 Å². The molecular formula is C13H19ClFN5O8P2. The number of anilines is 1. The summed E-state index contributed by atoms with van der Waals surface area (Å²) >= 11 is 5.91. The zero-order valence-electron chi connectivity index (χ0n) is 15.4. The van der Waals surface area contributed by atoms with Crippen molar-refractivity contribution in [3.05, 3.63) is 11.6 Å². The highest BCUT2D eigenvalue weighted by atomic mass is 35.5. The average molecular weight is 490 g/mol. The fraction of sp³-hybridized carbons (Fsp3) is 0.615. The van der Waals surface area contributed by atoms with Crippen LogP contribution in [-0.4, -0.2) is 76.7 Å². The lowest BCUT2D eigenvalue weighted by molar-refractivity contribution is -0.0425. The third-order valence-electron chi connectivity index (χ3n) is 4.11. The molecule has 13 nitrogen and oxygen atoms in total. The molecule has 0 spiro atoms. The zero-order chi connectivity index (χ0) is 22.3. The second-order valence-corrected chi connectivity index (χ2v) is 10.8. The molecule has 5 N–H and O–H groups in total. The van der Waals surface area contributed by atoms with Crippen LogP contribution in [0.2, 0.25) is 5.28 Å². The van der Waals surface area contributed by atoms with Gasteiger partial charge in [0.1, 0.15) is 12.2 Å². The summed E-state index contributed by atoms with van der Waals surface area (Å²) in [5.41, 5.74) is 0.412. The van der Waals surface area contributed by atoms with Crippen LogP contribution in [0.15, 0.2) is 6.33 Å². The van der Waals surface area contributed by atoms with Crippen LogP contribution in [0.3, 0.4) is 0 Å². The molecule has 0 aliphatic carbocycles. The van der Waals surface area contributed by atoms with Crippen LogP contribution in [0.4, 0.5) is 10.2 Å². The number of aliphatic hydroxyl groups is 1. The van der Waals surface area contributed by atoms with E-state index in [4.69, 9.17) is 26.1 Å². The number of rotatable bonds is 8. The summed E-state index contributed by atoms with van der Waals surface area (Å²) in [5.74, 6) is -1.10. The Balaban J connectivity index is 1.80. The van der Waals surface area contributed by atoms with Gasteiger partial charge in [0.15, 0.2) is 35.3 Å². The molecule has 1 aliphatic heterocycles. The van der Waals surface area contributed by atoms with Crippen molar-refractivity contribution in [3.8, 4) is 0 Å². The molecule has 0 saturated carbocycles. The van der Waals surface area contributed by atoms with E-state index in [2.05, 4.69) is 24.8 Å². The van der Waals surface area contributed by atoms with Crippen molar-refractivity contribution in [3.63, 3.8) is 0 Å². The highest BCUT2D eigenvalue weighted by Crippen LogP contribution is 2.55. The summed E-state index contributed by atoms with van der Waals surface area (Å²) < 4.78 is 48.6. The number of fused-ring (bicyclic) bond motifs is 1. The Morgan fingerprint density at radius 1 is 1.37 bits per heavy atom. The van der Waals surface area contributed by atoms with Gasteiger partial charge in [0.05, 0.1) is 12.9 Å². The van der Waals surface area contributed by atoms with E-state index in [0.717, 1.165) is 0 Å². The van der Waals surface area contributed by atoms with Crippen LogP contribution < -0.4 is 5.32 Å². The molecule has 2 aromatic rings. The SMILES string of the molecule is CCNc1nc(Cl)nc2c1ncn2[C@@H]1O[C@H](COP(=O)(O)CP(=O)(O)O)[C@@H](O)[C@@H]1F. The summed E-state index contributed by atoms with van der Waals surface area (Å²) in [6, 6.07) is 0. The van der Waals surface area contributed by atoms with E-state index in [1.807, 2.05) is 6.92 Å². The van der Waals surface area contributed by atoms with Crippen molar-refractivity contribution in [2.45, 2.75) is 31.5 Å². The summed E-state index contributed by atoms with van der Waals surface area (Å²) in [7, 11) is -9.53. The van der Waals surface area contributed by atoms with Gasteiger partial charge in [0.25, 0.3) is 0 Å². The minimum absolute atomic E-state index is 0.127. The van der Waals surface area contributed by atoms with E-state index in [9.17, 15) is 23.5 Å². The Hall–Kier alpha value is -1.21. The molecule has 5 atom stereocenters. The van der Waals surface area contributed by atoms with Crippen LogP contribution in [0.5, 0.6) is 0 Å². The fourth-order valence-electron chi connectivity index (χ4n) is 2.90. The Kier molecular flexibility index (Phi) is 6.83. The first kappa shape index (κ1) is 23.5. The van der Waals surface area contributed by atoms with Crippen molar-refractivity contribution in [1.82, 2.24) is 19.5 Å². The van der Waals surface area contributed by atoms with Gasteiger partial charge in [0, 0.05) is 6.54 Å². The van der Waals surface area contributed by atoms with Crippen molar-refractivity contribution >= 4 is 43.8 Å². The lowest BCUT2D eigenvalue weighted by atomic mass is 10.1. The smallest absolute Gasteiger partial charge is 0.340 e. The number of aliphatic hydroxyl groups excluding tert-OH is 1. The Bertz CT molecular complexity index is 1020. The maximum atomic E-state index is 14.7. The second kappa shape index (κ2) is 8.73. The molecular weight excluding hydrogens is 471 g/mol. The van der Waals surface area contributed by atoms with Gasteiger partial charge >= 0.3 is 15.2 Å². The monoisotopic (exact) mass is 489 g/mol. The van der Waals surface area contributed by atoms with Crippen LogP contribution in [0, 0.1) is 0 Å². The predicted octanol–water partition coefficient (Wildman–Crippen LogP) is 0.845. The van der Waals surface area contributed by atoms with E-state index in [-0.39, 0.29) is 16.4 Å². The number of hydrogen-bond donors (Lipinski definition) is 5. The van der Waals surface area contributed by atoms with Crippen LogP contribution in [0.25, 0.3) is 11.2 Å². The summed E-state index contributed by atoms with van der Waals surface area (Å²) in [6.45, 7) is 1.55. The van der Waals surface area contributed by atoms with E-state index in [1.54, 1.807) is 0 Å². The number of aromatic nitrogens is 4. The molecule has 0 amide bonds. The molecule has 1 unspecified atom stereocenters. The Morgan fingerprint density at radius 3 is 2.70 bits per heavy atom. The highest BCUT2D eigenvalue weighted by molar-refractivity contribution is 7.70. The molecule has 0 aromatic carbocycles. The molecule has 1 saturated heterocycles. The maximum absolute atomic E-state index is 14.7. The molecule has 168 valence electrons. The summed E-state index contributed by atoms with van der Waals surface area (Å²) in [6.07, 6.45) is -5.35. The predicted molar refractivity (Wildman–Crippen MR) is 102 cm³/mol. The molecule has 0 bridgehead atoms. The molecule has 3 rings (SSSR count). The van der Waals surface area contributed by atoms with Gasteiger partial charge in [-0.2, -0.15) is 9.97 Å². The minimum atomic E-state index is -4.83. The molecule has 1 aliphatic rings. The second-order valence-electron chi connectivity index (χ2n) is 6.44. The average Bonchev–Trinajstić information content (AvgIpc) is 3.14. The number of alkyl halides is 1. The molecule has 0 radical (unpaired) electrons. The fourth-order valence-corrected chi connectivity index (χ4v) is 5.63. The van der Waals surface area contributed by atoms with E-state index < -0.39 is 52.3 Å². The third-order valence-corrected chi connectivity index (χ3v) is 7.73. The van der Waals surface area contributed by atoms with Crippen LogP contribution in [0.1, 0.15) is 13.2 Å². The summed E-state index contributed by atoms with van der Waals surface area (Å²) in [5, 5.41) is 12.9. The number of imidazole rings is 1. The lowest BCUT2D eigenvalue weighted by Gasteiger charge is -2.18. The summed E-state index contributed by atoms with van der Waals surface area (Å²) in [4.78, 5) is 39.3. The first-order chi connectivity index (χ1) is 13.9. The third kappa shape index (κ3) is 5.16. The molecule has 30 heavy (non-hydrogen) atoms. The quantitative estimate of drug-likeness (QED) is 0.260. The molecule has 2 aromatic heterocycles. The van der Waals surface area contributed by atoms with E-state index >= 15 is 0 Å². The first-order valence-corrected chi connectivity index (χ1v) is 12.5. The minimum Gasteiger partial charge on any atom is -0.387 e. The topological polar surface area (TPSA) is 189 Å². The zero-order valence-corrected chi connectivity index (χ0v) is 17.9. The number of hydrogen-bond acceptors (Lipinski definition) is 9. The van der Waals surface area contributed by atoms with Gasteiger partial charge in [-0.25, -0.2) is 9.37 Å². The largest absolute Gasteiger partial charge is 0.387 e. The number of nitrogens with one attached hydrogen (secondary N) is 1. The Morgan fingerprint density at radius 2 is 2.07 bits per heavy atom. The number of nitrogens with zero attached hydrogens (tertiary/aromatic N) is 4. The number of ether oxygens (including phenoxy) is 1. The van der Waals surface area contributed by atoms with Gasteiger partial charge in [-0.15, -0.1) is 0 Å². The highest BCUT2D eigenvalue weighted by Gasteiger charge is 2.47. The first-order valence-electron chi connectivity index (χ1n) is 8.54.